The lowest BCUT2D eigenvalue weighted by molar-refractivity contribution is -0.116. The van der Waals surface area contributed by atoms with Crippen LogP contribution in [0.5, 0.6) is 0 Å². The van der Waals surface area contributed by atoms with E-state index in [4.69, 9.17) is 10.5 Å². The first-order valence-corrected chi connectivity index (χ1v) is 7.77. The van der Waals surface area contributed by atoms with Gasteiger partial charge in [-0.3, -0.25) is 4.99 Å². The molecule has 3 rings (SSSR count). The van der Waals surface area contributed by atoms with E-state index in [-0.39, 0.29) is 36.7 Å². The molecule has 4 nitrogen and oxygen atoms in total. The highest BCUT2D eigenvalue weighted by Gasteiger charge is 2.56. The maximum Gasteiger partial charge on any atom is 0.299 e. The molecule has 2 unspecified atom stereocenters. The number of nitrogens with one attached hydrogen (secondary N) is 1. The molecule has 0 aromatic heterocycles. The molecule has 0 saturated heterocycles. The average molecular weight is 363 g/mol. The number of hydrogen-bond acceptors (Lipinski definition) is 4. The van der Waals surface area contributed by atoms with E-state index in [1.165, 1.54) is 6.07 Å². The molecular formula is C16H18F5N3O. The summed E-state index contributed by atoms with van der Waals surface area (Å²) in [7, 11) is 0. The molecule has 2 aliphatic rings. The van der Waals surface area contributed by atoms with Gasteiger partial charge in [0, 0.05) is 30.1 Å². The fourth-order valence-corrected chi connectivity index (χ4v) is 2.82. The Morgan fingerprint density at radius 1 is 1.32 bits per heavy atom. The Hall–Kier alpha value is -1.90. The van der Waals surface area contributed by atoms with Gasteiger partial charge in [-0.05, 0) is 25.1 Å². The molecule has 1 aliphatic heterocycles. The van der Waals surface area contributed by atoms with Gasteiger partial charge in [0.1, 0.15) is 24.9 Å². The highest BCUT2D eigenvalue weighted by Crippen LogP contribution is 2.48. The Labute approximate surface area is 141 Å². The molecule has 0 amide bonds. The number of anilines is 1. The smallest absolute Gasteiger partial charge is 0.299 e. The summed E-state index contributed by atoms with van der Waals surface area (Å²) in [5.74, 6) is -8.07. The summed E-state index contributed by atoms with van der Waals surface area (Å²) < 4.78 is 74.0. The van der Waals surface area contributed by atoms with Crippen molar-refractivity contribution < 1.29 is 26.7 Å². The minimum Gasteiger partial charge on any atom is -0.385 e. The molecular weight excluding hydrogens is 345 g/mol. The van der Waals surface area contributed by atoms with Gasteiger partial charge in [-0.25, -0.2) is 22.0 Å². The van der Waals surface area contributed by atoms with Gasteiger partial charge in [-0.2, -0.15) is 0 Å². The van der Waals surface area contributed by atoms with Crippen molar-refractivity contribution in [3.05, 3.63) is 29.6 Å². The number of aliphatic imine (C=N–C) groups is 1. The minimum atomic E-state index is -3.50. The number of alkyl halides is 4. The summed E-state index contributed by atoms with van der Waals surface area (Å²) >= 11 is 0. The van der Waals surface area contributed by atoms with Gasteiger partial charge in [0.15, 0.2) is 5.54 Å². The molecule has 1 aromatic carbocycles. The largest absolute Gasteiger partial charge is 0.385 e. The zero-order valence-electron chi connectivity index (χ0n) is 13.5. The van der Waals surface area contributed by atoms with E-state index < -0.39 is 35.7 Å². The van der Waals surface area contributed by atoms with E-state index in [1.807, 2.05) is 0 Å². The lowest BCUT2D eigenvalue weighted by atomic mass is 9.85. The Bertz CT molecular complexity index is 709. The topological polar surface area (TPSA) is 59.6 Å². The third-order valence-electron chi connectivity index (χ3n) is 4.61. The van der Waals surface area contributed by atoms with Gasteiger partial charge in [0.25, 0.3) is 11.8 Å². The van der Waals surface area contributed by atoms with Crippen LogP contribution in [-0.2, 0) is 10.3 Å². The van der Waals surface area contributed by atoms with Gasteiger partial charge < -0.3 is 15.8 Å². The summed E-state index contributed by atoms with van der Waals surface area (Å²) in [6.45, 7) is -0.188. The van der Waals surface area contributed by atoms with Crippen LogP contribution in [0.2, 0.25) is 0 Å². The van der Waals surface area contributed by atoms with Crippen LogP contribution in [0.4, 0.5) is 27.6 Å². The zero-order valence-corrected chi connectivity index (χ0v) is 13.5. The fraction of sp³-hybridized carbons (Fsp3) is 0.562. The quantitative estimate of drug-likeness (QED) is 0.808. The molecule has 1 aromatic rings. The van der Waals surface area contributed by atoms with Crippen molar-refractivity contribution in [2.45, 2.75) is 30.7 Å². The summed E-state index contributed by atoms with van der Waals surface area (Å²) in [6.07, 6.45) is -0.220. The van der Waals surface area contributed by atoms with E-state index in [0.717, 1.165) is 19.1 Å². The second kappa shape index (κ2) is 5.82. The van der Waals surface area contributed by atoms with Crippen LogP contribution in [0.15, 0.2) is 23.2 Å². The molecule has 0 radical (unpaired) electrons. The van der Waals surface area contributed by atoms with E-state index in [9.17, 15) is 22.0 Å². The average Bonchev–Trinajstić information content (AvgIpc) is 3.14. The maximum absolute atomic E-state index is 14.5. The molecule has 2 atom stereocenters. The first-order chi connectivity index (χ1) is 11.6. The number of nitrogens with zero attached hydrogens (tertiary/aromatic N) is 1. The van der Waals surface area contributed by atoms with Crippen LogP contribution < -0.4 is 11.1 Å². The Morgan fingerprint density at radius 3 is 2.64 bits per heavy atom. The molecule has 138 valence electrons. The lowest BCUT2D eigenvalue weighted by Crippen LogP contribution is -2.45. The number of hydrogen-bond donors (Lipinski definition) is 2. The van der Waals surface area contributed by atoms with Crippen LogP contribution in [0.25, 0.3) is 0 Å². The first-order valence-electron chi connectivity index (χ1n) is 7.77. The molecule has 3 N–H and O–H groups in total. The monoisotopic (exact) mass is 363 g/mol. The van der Waals surface area contributed by atoms with Crippen molar-refractivity contribution >= 4 is 11.5 Å². The SMILES string of the molecule is CC1(c2cc(NCC3CC3(F)F)ccc2F)N=C(N)COCC1(F)F. The molecule has 1 saturated carbocycles. The molecule has 0 spiro atoms. The van der Waals surface area contributed by atoms with Crippen molar-refractivity contribution in [1.29, 1.82) is 0 Å². The van der Waals surface area contributed by atoms with E-state index in [2.05, 4.69) is 10.3 Å². The van der Waals surface area contributed by atoms with Gasteiger partial charge in [0.2, 0.25) is 0 Å². The number of ether oxygens (including phenoxy) is 1. The second-order valence-electron chi connectivity index (χ2n) is 6.61. The van der Waals surface area contributed by atoms with E-state index >= 15 is 0 Å². The summed E-state index contributed by atoms with van der Waals surface area (Å²) in [4.78, 5) is 3.80. The van der Waals surface area contributed by atoms with E-state index in [1.54, 1.807) is 0 Å². The van der Waals surface area contributed by atoms with Gasteiger partial charge in [-0.1, -0.05) is 0 Å². The Balaban J connectivity index is 1.91. The normalized spacial score (nSPS) is 30.3. The van der Waals surface area contributed by atoms with Gasteiger partial charge >= 0.3 is 0 Å². The van der Waals surface area contributed by atoms with Crippen molar-refractivity contribution in [2.24, 2.45) is 16.6 Å². The molecule has 1 heterocycles. The minimum absolute atomic E-state index is 0.0281. The number of benzene rings is 1. The van der Waals surface area contributed by atoms with E-state index in [0.29, 0.717) is 0 Å². The van der Waals surface area contributed by atoms with Crippen LogP contribution in [0, 0.1) is 11.7 Å². The van der Waals surface area contributed by atoms with Crippen molar-refractivity contribution in [3.8, 4) is 0 Å². The standard InChI is InChI=1S/C16H18F5N3O/c1-14(16(20,21)8-25-7-13(22)24-14)11-4-10(2-3-12(11)17)23-6-9-5-15(9,18)19/h2-4,9,23H,5-8H2,1H3,(H2,22,24). The number of rotatable bonds is 4. The highest BCUT2D eigenvalue weighted by atomic mass is 19.3. The first kappa shape index (κ1) is 17.9. The fourth-order valence-electron chi connectivity index (χ4n) is 2.82. The van der Waals surface area contributed by atoms with Crippen molar-refractivity contribution in [3.63, 3.8) is 0 Å². The molecule has 0 bridgehead atoms. The Kier molecular flexibility index (Phi) is 4.17. The van der Waals surface area contributed by atoms with Crippen LogP contribution in [0.3, 0.4) is 0 Å². The summed E-state index contributed by atoms with van der Waals surface area (Å²) in [6, 6.07) is 3.47. The Morgan fingerprint density at radius 2 is 2.00 bits per heavy atom. The second-order valence-corrected chi connectivity index (χ2v) is 6.61. The summed E-state index contributed by atoms with van der Waals surface area (Å²) in [5, 5.41) is 2.74. The van der Waals surface area contributed by atoms with Gasteiger partial charge in [0.05, 0.1) is 0 Å². The molecule has 1 aliphatic carbocycles. The molecule has 9 heteroatoms. The van der Waals surface area contributed by atoms with Crippen LogP contribution in [-0.4, -0.2) is 37.4 Å². The predicted octanol–water partition coefficient (Wildman–Crippen LogP) is 3.13. The summed E-state index contributed by atoms with van der Waals surface area (Å²) in [5.41, 5.74) is 3.18. The molecule has 1 fully saturated rings. The zero-order chi connectivity index (χ0) is 18.5. The van der Waals surface area contributed by atoms with Crippen molar-refractivity contribution in [1.82, 2.24) is 0 Å². The van der Waals surface area contributed by atoms with Crippen molar-refractivity contribution in [2.75, 3.05) is 25.1 Å². The number of halogens is 5. The highest BCUT2D eigenvalue weighted by molar-refractivity contribution is 5.82. The third kappa shape index (κ3) is 3.29. The van der Waals surface area contributed by atoms with Crippen LogP contribution >= 0.6 is 0 Å². The number of amidine groups is 1. The third-order valence-corrected chi connectivity index (χ3v) is 4.61. The van der Waals surface area contributed by atoms with Crippen LogP contribution in [0.1, 0.15) is 18.9 Å². The maximum atomic E-state index is 14.5. The molecule has 25 heavy (non-hydrogen) atoms. The lowest BCUT2D eigenvalue weighted by Gasteiger charge is -2.33. The number of nitrogens with two attached hydrogens (primary N) is 1. The predicted molar refractivity (Wildman–Crippen MR) is 82.7 cm³/mol. The van der Waals surface area contributed by atoms with Gasteiger partial charge in [-0.15, -0.1) is 0 Å².